The van der Waals surface area contributed by atoms with Crippen LogP contribution in [0.2, 0.25) is 0 Å². The summed E-state index contributed by atoms with van der Waals surface area (Å²) in [6.45, 7) is 0. The molecule has 0 aliphatic rings. The molecule has 0 aliphatic heterocycles. The van der Waals surface area contributed by atoms with E-state index in [1.165, 1.54) is 0 Å². The first-order valence-electron chi connectivity index (χ1n) is 4.94. The zero-order valence-electron chi connectivity index (χ0n) is 8.45. The van der Waals surface area contributed by atoms with E-state index in [1.54, 1.807) is 17.5 Å². The van der Waals surface area contributed by atoms with Crippen LogP contribution in [0.1, 0.15) is 0 Å². The molecule has 0 unspecified atom stereocenters. The number of hydrogen-bond acceptors (Lipinski definition) is 3. The molecule has 3 nitrogen and oxygen atoms in total. The molecule has 0 aliphatic carbocycles. The molecule has 0 fully saturated rings. The minimum atomic E-state index is 0.987. The van der Waals surface area contributed by atoms with Crippen molar-refractivity contribution in [2.45, 2.75) is 0 Å². The third-order valence-electron chi connectivity index (χ3n) is 2.29. The summed E-state index contributed by atoms with van der Waals surface area (Å²) in [6, 6.07) is 12.0. The maximum absolute atomic E-state index is 4.33. The van der Waals surface area contributed by atoms with Crippen molar-refractivity contribution in [3.8, 4) is 16.4 Å². The number of hydrogen-bond donors (Lipinski definition) is 0. The molecule has 0 bridgehead atoms. The first kappa shape index (κ1) is 9.30. The summed E-state index contributed by atoms with van der Waals surface area (Å²) in [5.41, 5.74) is 2.08. The van der Waals surface area contributed by atoms with Crippen LogP contribution in [0.5, 0.6) is 0 Å². The zero-order chi connectivity index (χ0) is 10.8. The van der Waals surface area contributed by atoms with E-state index < -0.39 is 0 Å². The molecule has 1 aromatic carbocycles. The Hall–Kier alpha value is -1.94. The Bertz CT molecular complexity index is 569. The van der Waals surface area contributed by atoms with Crippen LogP contribution in [-0.2, 0) is 0 Å². The molecule has 0 spiro atoms. The van der Waals surface area contributed by atoms with Gasteiger partial charge in [-0.1, -0.05) is 18.2 Å². The molecule has 2 heterocycles. The lowest BCUT2D eigenvalue weighted by atomic mass is 10.3. The third-order valence-corrected chi connectivity index (χ3v) is 3.09. The van der Waals surface area contributed by atoms with Crippen LogP contribution < -0.4 is 0 Å². The van der Waals surface area contributed by atoms with Gasteiger partial charge in [0.2, 0.25) is 0 Å². The molecule has 0 saturated carbocycles. The Morgan fingerprint density at radius 2 is 1.88 bits per heavy atom. The van der Waals surface area contributed by atoms with E-state index in [-0.39, 0.29) is 0 Å². The number of para-hydroxylation sites is 1. The van der Waals surface area contributed by atoms with E-state index in [1.807, 2.05) is 52.7 Å². The van der Waals surface area contributed by atoms with Crippen molar-refractivity contribution in [2.24, 2.45) is 0 Å². The quantitative estimate of drug-likeness (QED) is 0.673. The summed E-state index contributed by atoms with van der Waals surface area (Å²) < 4.78 is 1.90. The van der Waals surface area contributed by atoms with Gasteiger partial charge < -0.3 is 0 Å². The minimum absolute atomic E-state index is 0.987. The fourth-order valence-electron chi connectivity index (χ4n) is 1.59. The molecule has 0 N–H and O–H groups in total. The van der Waals surface area contributed by atoms with Gasteiger partial charge in [-0.25, -0.2) is 9.67 Å². The van der Waals surface area contributed by atoms with E-state index in [0.717, 1.165) is 16.4 Å². The van der Waals surface area contributed by atoms with Crippen molar-refractivity contribution in [3.05, 3.63) is 54.2 Å². The third kappa shape index (κ3) is 1.53. The largest absolute Gasteiger partial charge is 0.243 e. The number of aromatic nitrogens is 3. The van der Waals surface area contributed by atoms with Gasteiger partial charge in [0.05, 0.1) is 11.9 Å². The van der Waals surface area contributed by atoms with Gasteiger partial charge in [0.25, 0.3) is 0 Å². The molecule has 0 amide bonds. The maximum atomic E-state index is 4.33. The van der Waals surface area contributed by atoms with Crippen LogP contribution >= 0.6 is 11.3 Å². The predicted molar refractivity (Wildman–Crippen MR) is 64.7 cm³/mol. The zero-order valence-corrected chi connectivity index (χ0v) is 9.26. The second-order valence-electron chi connectivity index (χ2n) is 3.30. The highest BCUT2D eigenvalue weighted by molar-refractivity contribution is 7.13. The molecule has 0 radical (unpaired) electrons. The monoisotopic (exact) mass is 227 g/mol. The van der Waals surface area contributed by atoms with Gasteiger partial charge in [-0.2, -0.15) is 5.10 Å². The van der Waals surface area contributed by atoms with Gasteiger partial charge in [-0.15, -0.1) is 11.3 Å². The number of thiazole rings is 1. The second-order valence-corrected chi connectivity index (χ2v) is 4.20. The Labute approximate surface area is 97.0 Å². The normalized spacial score (nSPS) is 10.5. The Morgan fingerprint density at radius 3 is 2.62 bits per heavy atom. The summed E-state index contributed by atoms with van der Waals surface area (Å²) in [4.78, 5) is 4.30. The van der Waals surface area contributed by atoms with Crippen molar-refractivity contribution in [3.63, 3.8) is 0 Å². The predicted octanol–water partition coefficient (Wildman–Crippen LogP) is 3.00. The lowest BCUT2D eigenvalue weighted by Crippen LogP contribution is -1.97. The maximum Gasteiger partial charge on any atom is 0.141 e. The van der Waals surface area contributed by atoms with Gasteiger partial charge in [-0.05, 0) is 18.2 Å². The van der Waals surface area contributed by atoms with Crippen LogP contribution in [0.3, 0.4) is 0 Å². The lowest BCUT2D eigenvalue weighted by molar-refractivity contribution is 0.887. The molecule has 0 saturated heterocycles. The van der Waals surface area contributed by atoms with Gasteiger partial charge in [-0.3, -0.25) is 0 Å². The molecule has 3 aromatic rings. The summed E-state index contributed by atoms with van der Waals surface area (Å²) in [6.07, 6.45) is 3.60. The SMILES string of the molecule is c1ccc(-n2nccc2-c2nccs2)cc1. The lowest BCUT2D eigenvalue weighted by Gasteiger charge is -2.04. The minimum Gasteiger partial charge on any atom is -0.243 e. The van der Waals surface area contributed by atoms with E-state index in [0.29, 0.717) is 0 Å². The van der Waals surface area contributed by atoms with Crippen molar-refractivity contribution in [1.29, 1.82) is 0 Å². The van der Waals surface area contributed by atoms with Crippen molar-refractivity contribution >= 4 is 11.3 Å². The first-order valence-corrected chi connectivity index (χ1v) is 5.82. The Morgan fingerprint density at radius 1 is 1.00 bits per heavy atom. The molecular weight excluding hydrogens is 218 g/mol. The molecular formula is C12H9N3S. The van der Waals surface area contributed by atoms with Crippen LogP contribution in [0.15, 0.2) is 54.2 Å². The smallest absolute Gasteiger partial charge is 0.141 e. The molecule has 3 rings (SSSR count). The van der Waals surface area contributed by atoms with Gasteiger partial charge in [0.1, 0.15) is 10.7 Å². The molecule has 0 atom stereocenters. The number of benzene rings is 1. The Balaban J connectivity index is 2.14. The second kappa shape index (κ2) is 3.90. The standard InChI is InChI=1S/C12H9N3S/c1-2-4-10(5-3-1)15-11(6-7-14-15)12-13-8-9-16-12/h1-9H. The van der Waals surface area contributed by atoms with Crippen LogP contribution in [0.4, 0.5) is 0 Å². The van der Waals surface area contributed by atoms with Gasteiger partial charge in [0.15, 0.2) is 0 Å². The van der Waals surface area contributed by atoms with Crippen molar-refractivity contribution in [2.75, 3.05) is 0 Å². The molecule has 78 valence electrons. The van der Waals surface area contributed by atoms with Crippen molar-refractivity contribution in [1.82, 2.24) is 14.8 Å². The van der Waals surface area contributed by atoms with Crippen LogP contribution in [0.25, 0.3) is 16.4 Å². The van der Waals surface area contributed by atoms with E-state index in [2.05, 4.69) is 10.1 Å². The topological polar surface area (TPSA) is 30.7 Å². The summed E-state index contributed by atoms with van der Waals surface area (Å²) in [5.74, 6) is 0. The molecule has 2 aromatic heterocycles. The number of nitrogens with zero attached hydrogens (tertiary/aromatic N) is 3. The molecule has 16 heavy (non-hydrogen) atoms. The highest BCUT2D eigenvalue weighted by atomic mass is 32.1. The average Bonchev–Trinajstić information content (AvgIpc) is 3.01. The first-order chi connectivity index (χ1) is 7.95. The van der Waals surface area contributed by atoms with E-state index in [4.69, 9.17) is 0 Å². The highest BCUT2D eigenvalue weighted by Crippen LogP contribution is 2.23. The van der Waals surface area contributed by atoms with Gasteiger partial charge >= 0.3 is 0 Å². The number of rotatable bonds is 2. The fraction of sp³-hybridized carbons (Fsp3) is 0. The fourth-order valence-corrected chi connectivity index (χ4v) is 2.24. The summed E-state index contributed by atoms with van der Waals surface area (Å²) in [7, 11) is 0. The molecule has 4 heteroatoms. The summed E-state index contributed by atoms with van der Waals surface area (Å²) >= 11 is 1.62. The van der Waals surface area contributed by atoms with Crippen molar-refractivity contribution < 1.29 is 0 Å². The highest BCUT2D eigenvalue weighted by Gasteiger charge is 2.08. The van der Waals surface area contributed by atoms with E-state index >= 15 is 0 Å². The van der Waals surface area contributed by atoms with Crippen LogP contribution in [0, 0.1) is 0 Å². The average molecular weight is 227 g/mol. The van der Waals surface area contributed by atoms with Crippen LogP contribution in [-0.4, -0.2) is 14.8 Å². The Kier molecular flexibility index (Phi) is 2.27. The summed E-state index contributed by atoms with van der Waals surface area (Å²) in [5, 5.41) is 7.28. The van der Waals surface area contributed by atoms with E-state index in [9.17, 15) is 0 Å². The van der Waals surface area contributed by atoms with Gasteiger partial charge in [0, 0.05) is 11.6 Å².